The maximum atomic E-state index is 5.01. The van der Waals surface area contributed by atoms with Gasteiger partial charge in [-0.15, -0.1) is 11.8 Å². The molecule has 0 amide bonds. The van der Waals surface area contributed by atoms with E-state index in [-0.39, 0.29) is 21.7 Å². The van der Waals surface area contributed by atoms with E-state index >= 15 is 0 Å². The van der Waals surface area contributed by atoms with Gasteiger partial charge in [-0.25, -0.2) is 0 Å². The van der Waals surface area contributed by atoms with Crippen molar-refractivity contribution in [2.75, 3.05) is 21.6 Å². The Hall–Kier alpha value is -8.37. The smallest absolute Gasteiger partial charge is 0.0703 e. The van der Waals surface area contributed by atoms with Crippen molar-refractivity contribution in [1.82, 2.24) is 0 Å². The van der Waals surface area contributed by atoms with Crippen molar-refractivity contribution in [3.63, 3.8) is 0 Å². The third kappa shape index (κ3) is 10.1. The molecule has 10 aromatic rings. The Kier molecular flexibility index (Phi) is 15.6. The summed E-state index contributed by atoms with van der Waals surface area (Å²) in [5, 5.41) is 10.3. The van der Waals surface area contributed by atoms with Gasteiger partial charge in [0, 0.05) is 44.4 Å². The maximum absolute atomic E-state index is 5.01. The molecule has 2 atom stereocenters. The lowest BCUT2D eigenvalue weighted by atomic mass is 9.66. The van der Waals surface area contributed by atoms with Crippen LogP contribution in [0.2, 0.25) is 0 Å². The third-order valence-electron chi connectivity index (χ3n) is 19.4. The lowest BCUT2D eigenvalue weighted by molar-refractivity contribution is 0.494. The van der Waals surface area contributed by atoms with E-state index in [2.05, 4.69) is 308 Å². The lowest BCUT2D eigenvalue weighted by Crippen LogP contribution is -2.31. The summed E-state index contributed by atoms with van der Waals surface area (Å²) in [7, 11) is 0. The van der Waals surface area contributed by atoms with Crippen LogP contribution in [0.4, 0.5) is 11.4 Å². The number of nitrogens with zero attached hydrogens (tertiary/aromatic N) is 2. The molecule has 0 radical (unpaired) electrons. The molecule has 0 fully saturated rings. The summed E-state index contributed by atoms with van der Waals surface area (Å²) in [6.07, 6.45) is 17.6. The van der Waals surface area contributed by atoms with Crippen molar-refractivity contribution in [2.24, 2.45) is 0 Å². The monoisotopic (exact) mass is 1120 g/mol. The van der Waals surface area contributed by atoms with Gasteiger partial charge in [-0.3, -0.25) is 0 Å². The molecule has 2 unspecified atom stereocenters. The highest BCUT2D eigenvalue weighted by Crippen LogP contribution is 2.54. The summed E-state index contributed by atoms with van der Waals surface area (Å²) in [4.78, 5) is 5.21. The number of benzene rings is 10. The van der Waals surface area contributed by atoms with Crippen molar-refractivity contribution in [3.8, 4) is 0 Å². The highest BCUT2D eigenvalue weighted by Gasteiger charge is 2.44. The van der Waals surface area contributed by atoms with Gasteiger partial charge in [0.15, 0.2) is 0 Å². The van der Waals surface area contributed by atoms with E-state index in [1.165, 1.54) is 110 Å². The second kappa shape index (κ2) is 23.2. The number of thioether (sulfide) groups is 1. The molecule has 2 heterocycles. The van der Waals surface area contributed by atoms with Crippen LogP contribution in [0, 0.1) is 13.8 Å². The van der Waals surface area contributed by atoms with E-state index < -0.39 is 0 Å². The number of allylic oxidation sites excluding steroid dienone is 10. The standard InChI is InChI=1S/C82H80N2S/c1-11-81(53-61-31-15-13-16-32-61,75-57(3)45-47-63-35-19-23-39-67(63)75)59(5)29-27-43-73-79(7,8)77-69-41-25-21-37-65(69)49-51-71(77)83(73)55-85-56-84-72-52-50-66-38-22-26-42-70(66)78(72)80(9,10)74(84)44-28-30-60(6)82(12-2,54-62-33-17-14-18-34-62)76-58(4)46-48-64-36-20-24-40-68(64)76/h13-52H,5-6,11-12,53-56H2,1-4,7-10H3/b29-27+,30-28+,73-43+,74-44+. The summed E-state index contributed by atoms with van der Waals surface area (Å²) in [6.45, 7) is 28.9. The fourth-order valence-corrected chi connectivity index (χ4v) is 16.1. The zero-order valence-corrected chi connectivity index (χ0v) is 51.9. The molecule has 85 heavy (non-hydrogen) atoms. The molecular formula is C82H80N2S. The molecule has 3 heteroatoms. The quantitative estimate of drug-likeness (QED) is 0.0791. The van der Waals surface area contributed by atoms with E-state index in [0.717, 1.165) is 48.6 Å². The number of anilines is 2. The van der Waals surface area contributed by atoms with Crippen LogP contribution in [0.25, 0.3) is 43.1 Å². The average molecular weight is 1130 g/mol. The Morgan fingerprint density at radius 1 is 0.424 bits per heavy atom. The van der Waals surface area contributed by atoms with Gasteiger partial charge in [0.25, 0.3) is 0 Å². The van der Waals surface area contributed by atoms with Crippen molar-refractivity contribution in [2.45, 2.75) is 103 Å². The molecule has 0 bridgehead atoms. The van der Waals surface area contributed by atoms with Gasteiger partial charge in [-0.05, 0) is 163 Å². The van der Waals surface area contributed by atoms with E-state index in [0.29, 0.717) is 0 Å². The van der Waals surface area contributed by atoms with Gasteiger partial charge >= 0.3 is 0 Å². The topological polar surface area (TPSA) is 6.48 Å². The lowest BCUT2D eigenvalue weighted by Gasteiger charge is -2.37. The average Bonchev–Trinajstić information content (AvgIpc) is 1.86. The molecule has 0 saturated carbocycles. The maximum Gasteiger partial charge on any atom is 0.0703 e. The number of rotatable bonds is 18. The Morgan fingerprint density at radius 2 is 0.753 bits per heavy atom. The van der Waals surface area contributed by atoms with Crippen LogP contribution in [0.1, 0.15) is 98.9 Å². The van der Waals surface area contributed by atoms with Crippen LogP contribution >= 0.6 is 11.8 Å². The molecule has 0 aromatic heterocycles. The second-order valence-corrected chi connectivity index (χ2v) is 25.9. The summed E-state index contributed by atoms with van der Waals surface area (Å²) < 4.78 is 0. The molecule has 2 aliphatic heterocycles. The predicted molar refractivity (Wildman–Crippen MR) is 371 cm³/mol. The first-order valence-corrected chi connectivity index (χ1v) is 31.8. The highest BCUT2D eigenvalue weighted by molar-refractivity contribution is 7.99. The molecule has 10 aromatic carbocycles. The summed E-state index contributed by atoms with van der Waals surface area (Å²) in [5.41, 5.74) is 16.8. The Labute approximate surface area is 510 Å². The molecule has 424 valence electrons. The van der Waals surface area contributed by atoms with Crippen LogP contribution in [-0.2, 0) is 34.5 Å². The minimum Gasteiger partial charge on any atom is -0.334 e. The van der Waals surface area contributed by atoms with Gasteiger partial charge in [-0.2, -0.15) is 0 Å². The Morgan fingerprint density at radius 3 is 1.13 bits per heavy atom. The van der Waals surface area contributed by atoms with Crippen LogP contribution in [-0.4, -0.2) is 11.8 Å². The van der Waals surface area contributed by atoms with Gasteiger partial charge < -0.3 is 9.80 Å². The predicted octanol–water partition coefficient (Wildman–Crippen LogP) is 21.6. The van der Waals surface area contributed by atoms with Crippen molar-refractivity contribution < 1.29 is 0 Å². The molecule has 2 nitrogen and oxygen atoms in total. The normalized spacial score (nSPS) is 16.9. The fourth-order valence-electron chi connectivity index (χ4n) is 15.1. The Balaban J connectivity index is 0.915. The second-order valence-electron chi connectivity index (χ2n) is 25.0. The Bertz CT molecular complexity index is 4050. The van der Waals surface area contributed by atoms with E-state index in [1.807, 2.05) is 11.8 Å². The zero-order chi connectivity index (χ0) is 59.1. The van der Waals surface area contributed by atoms with E-state index in [1.54, 1.807) is 0 Å². The summed E-state index contributed by atoms with van der Waals surface area (Å²) in [5.74, 6) is 1.53. The number of aryl methyl sites for hydroxylation is 2. The molecule has 0 saturated heterocycles. The van der Waals surface area contributed by atoms with Gasteiger partial charge in [0.2, 0.25) is 0 Å². The SMILES string of the molecule is C=C(/C=C/C=C1/N(CSCN2/C(=C/C=C/C(=C)C(CC)(Cc3ccccc3)c3c(C)ccc4ccccc34)C(C)(C)c3c2ccc2ccccc32)c2ccc3ccccc3c2C1(C)C)C(CC)(Cc1ccccc1)c1c(C)ccc2ccccc12. The third-order valence-corrected chi connectivity index (χ3v) is 20.3. The van der Waals surface area contributed by atoms with Crippen molar-refractivity contribution >= 4 is 66.2 Å². The van der Waals surface area contributed by atoms with E-state index in [4.69, 9.17) is 13.2 Å². The van der Waals surface area contributed by atoms with Crippen molar-refractivity contribution in [3.05, 3.63) is 323 Å². The van der Waals surface area contributed by atoms with Crippen LogP contribution in [0.3, 0.4) is 0 Å². The number of hydrogen-bond acceptors (Lipinski definition) is 3. The number of fused-ring (bicyclic) bond motifs is 8. The molecule has 12 rings (SSSR count). The summed E-state index contributed by atoms with van der Waals surface area (Å²) in [6, 6.07) is 76.1. The van der Waals surface area contributed by atoms with E-state index in [9.17, 15) is 0 Å². The van der Waals surface area contributed by atoms with Crippen molar-refractivity contribution in [1.29, 1.82) is 0 Å². The first-order chi connectivity index (χ1) is 41.2. The molecule has 0 spiro atoms. The minimum atomic E-state index is -0.336. The largest absolute Gasteiger partial charge is 0.334 e. The minimum absolute atomic E-state index is 0.293. The van der Waals surface area contributed by atoms with Gasteiger partial charge in [0.1, 0.15) is 0 Å². The van der Waals surface area contributed by atoms with Gasteiger partial charge in [-0.1, -0.05) is 273 Å². The summed E-state index contributed by atoms with van der Waals surface area (Å²) >= 11 is 1.98. The molecule has 0 N–H and O–H groups in total. The first-order valence-electron chi connectivity index (χ1n) is 30.6. The molecule has 2 aliphatic rings. The highest BCUT2D eigenvalue weighted by atomic mass is 32.2. The van der Waals surface area contributed by atoms with Crippen LogP contribution in [0.5, 0.6) is 0 Å². The molecule has 0 aliphatic carbocycles. The van der Waals surface area contributed by atoms with Gasteiger partial charge in [0.05, 0.1) is 11.8 Å². The zero-order valence-electron chi connectivity index (χ0n) is 51.1. The van der Waals surface area contributed by atoms with Crippen LogP contribution < -0.4 is 9.80 Å². The van der Waals surface area contributed by atoms with Crippen LogP contribution in [0.15, 0.2) is 278 Å². The number of hydrogen-bond donors (Lipinski definition) is 0. The first kappa shape index (κ1) is 57.1. The fraction of sp³-hybridized carbons (Fsp3) is 0.220. The molecular weight excluding hydrogens is 1040 g/mol.